The van der Waals surface area contributed by atoms with Crippen LogP contribution in [0.2, 0.25) is 0 Å². The Labute approximate surface area is 268 Å². The summed E-state index contributed by atoms with van der Waals surface area (Å²) >= 11 is 0. The Morgan fingerprint density at radius 2 is 1.47 bits per heavy atom. The molecule has 2 heterocycles. The third-order valence-electron chi connectivity index (χ3n) is 7.18. The molecule has 0 spiro atoms. The van der Waals surface area contributed by atoms with Gasteiger partial charge in [0.1, 0.15) is 0 Å². The molecule has 45 heavy (non-hydrogen) atoms. The van der Waals surface area contributed by atoms with Gasteiger partial charge in [-0.15, -0.1) is 0 Å². The molecule has 2 atom stereocenters. The predicted molar refractivity (Wildman–Crippen MR) is 178 cm³/mol. The molecule has 0 aromatic carbocycles. The van der Waals surface area contributed by atoms with Crippen LogP contribution < -0.4 is 11.1 Å². The lowest BCUT2D eigenvalue weighted by atomic mass is 9.90. The second-order valence-corrected chi connectivity index (χ2v) is 10.6. The van der Waals surface area contributed by atoms with Gasteiger partial charge in [-0.05, 0) is 70.1 Å². The van der Waals surface area contributed by atoms with Crippen molar-refractivity contribution in [2.75, 3.05) is 26.9 Å². The van der Waals surface area contributed by atoms with Crippen molar-refractivity contribution in [2.24, 2.45) is 5.73 Å². The second kappa shape index (κ2) is 19.9. The fourth-order valence-corrected chi connectivity index (χ4v) is 4.80. The van der Waals surface area contributed by atoms with Gasteiger partial charge in [-0.2, -0.15) is 0 Å². The minimum absolute atomic E-state index is 0.130. The summed E-state index contributed by atoms with van der Waals surface area (Å²) in [7, 11) is 1.91. The molecular formula is C36H51N3O6. The normalized spacial score (nSPS) is 19.0. The number of esters is 3. The number of dihydropyridines is 1. The third kappa shape index (κ3) is 11.3. The SMILES string of the molecule is CCCC/C=C/C1=CC(C(=O)OCC)=CC(/C(=C\C(=C/N)C(=O)OCC)C2=CC(C(=O)OCC)=CC(/C=C/CCCC)N2)N1C. The van der Waals surface area contributed by atoms with Crippen molar-refractivity contribution in [3.63, 3.8) is 0 Å². The van der Waals surface area contributed by atoms with Gasteiger partial charge >= 0.3 is 17.9 Å². The zero-order valence-corrected chi connectivity index (χ0v) is 27.8. The Morgan fingerprint density at radius 3 is 2.04 bits per heavy atom. The van der Waals surface area contributed by atoms with E-state index in [1.165, 1.54) is 6.20 Å². The molecule has 0 aromatic rings. The van der Waals surface area contributed by atoms with Gasteiger partial charge in [0.15, 0.2) is 0 Å². The highest BCUT2D eigenvalue weighted by atomic mass is 16.5. The molecule has 0 aliphatic carbocycles. The first-order chi connectivity index (χ1) is 21.7. The summed E-state index contributed by atoms with van der Waals surface area (Å²) in [5.41, 5.74) is 8.79. The van der Waals surface area contributed by atoms with Crippen LogP contribution in [0.15, 0.2) is 94.6 Å². The lowest BCUT2D eigenvalue weighted by Crippen LogP contribution is -2.39. The molecular weight excluding hydrogens is 570 g/mol. The van der Waals surface area contributed by atoms with Crippen molar-refractivity contribution < 1.29 is 28.6 Å². The number of ether oxygens (including phenoxy) is 3. The van der Waals surface area contributed by atoms with Gasteiger partial charge in [-0.3, -0.25) is 0 Å². The fourth-order valence-electron chi connectivity index (χ4n) is 4.80. The number of hydrogen-bond donors (Lipinski definition) is 2. The molecule has 0 radical (unpaired) electrons. The van der Waals surface area contributed by atoms with Crippen molar-refractivity contribution in [3.05, 3.63) is 94.6 Å². The molecule has 0 amide bonds. The zero-order chi connectivity index (χ0) is 33.2. The minimum Gasteiger partial charge on any atom is -0.462 e. The molecule has 9 heteroatoms. The Bertz CT molecular complexity index is 1280. The first kappa shape index (κ1) is 36.9. The minimum atomic E-state index is -0.589. The number of carbonyl (C=O) groups is 3. The lowest BCUT2D eigenvalue weighted by molar-refractivity contribution is -0.139. The van der Waals surface area contributed by atoms with Crippen molar-refractivity contribution in [2.45, 2.75) is 85.2 Å². The van der Waals surface area contributed by atoms with Crippen LogP contribution in [0.3, 0.4) is 0 Å². The maximum absolute atomic E-state index is 13.1. The monoisotopic (exact) mass is 621 g/mol. The van der Waals surface area contributed by atoms with Gasteiger partial charge < -0.3 is 30.2 Å². The van der Waals surface area contributed by atoms with E-state index >= 15 is 0 Å². The molecule has 0 saturated heterocycles. The molecule has 2 unspecified atom stereocenters. The highest BCUT2D eigenvalue weighted by Gasteiger charge is 2.31. The highest BCUT2D eigenvalue weighted by Crippen LogP contribution is 2.31. The van der Waals surface area contributed by atoms with Crippen LogP contribution in [0, 0.1) is 0 Å². The van der Waals surface area contributed by atoms with Gasteiger partial charge in [-0.1, -0.05) is 57.8 Å². The molecule has 0 aromatic heterocycles. The summed E-state index contributed by atoms with van der Waals surface area (Å²) < 4.78 is 16.0. The Balaban J connectivity index is 2.78. The van der Waals surface area contributed by atoms with Gasteiger partial charge in [0.2, 0.25) is 0 Å². The lowest BCUT2D eigenvalue weighted by Gasteiger charge is -2.36. The van der Waals surface area contributed by atoms with Crippen LogP contribution in [-0.4, -0.2) is 61.8 Å². The number of nitrogens with zero attached hydrogens (tertiary/aromatic N) is 1. The molecule has 9 nitrogen and oxygen atoms in total. The van der Waals surface area contributed by atoms with Crippen molar-refractivity contribution in [3.8, 4) is 0 Å². The average molecular weight is 622 g/mol. The Morgan fingerprint density at radius 1 is 0.867 bits per heavy atom. The number of likely N-dealkylation sites (N-methyl/N-ethyl adjacent to an activating group) is 1. The third-order valence-corrected chi connectivity index (χ3v) is 7.18. The summed E-state index contributed by atoms with van der Waals surface area (Å²) in [5.74, 6) is -1.50. The topological polar surface area (TPSA) is 120 Å². The first-order valence-corrected chi connectivity index (χ1v) is 16.1. The Hall–Kier alpha value is -4.27. The summed E-state index contributed by atoms with van der Waals surface area (Å²) in [5, 5.41) is 3.51. The fraction of sp³-hybridized carbons (Fsp3) is 0.472. The molecule has 0 fully saturated rings. The van der Waals surface area contributed by atoms with Crippen LogP contribution in [0.5, 0.6) is 0 Å². The molecule has 2 rings (SSSR count). The van der Waals surface area contributed by atoms with Gasteiger partial charge in [0.25, 0.3) is 0 Å². The van der Waals surface area contributed by atoms with Crippen molar-refractivity contribution >= 4 is 17.9 Å². The van der Waals surface area contributed by atoms with E-state index in [1.54, 1.807) is 45.1 Å². The van der Waals surface area contributed by atoms with E-state index < -0.39 is 23.9 Å². The molecule has 3 N–H and O–H groups in total. The van der Waals surface area contributed by atoms with Gasteiger partial charge in [0.05, 0.1) is 48.6 Å². The van der Waals surface area contributed by atoms with E-state index in [0.717, 1.165) is 44.2 Å². The molecule has 0 saturated carbocycles. The van der Waals surface area contributed by atoms with Crippen LogP contribution in [0.1, 0.15) is 73.1 Å². The van der Waals surface area contributed by atoms with Crippen LogP contribution >= 0.6 is 0 Å². The summed E-state index contributed by atoms with van der Waals surface area (Å²) in [6, 6.07) is -0.890. The quantitative estimate of drug-likeness (QED) is 0.0515. The second-order valence-electron chi connectivity index (χ2n) is 10.6. The van der Waals surface area contributed by atoms with Crippen molar-refractivity contribution in [1.29, 1.82) is 0 Å². The van der Waals surface area contributed by atoms with Crippen LogP contribution in [0.4, 0.5) is 0 Å². The Kier molecular flexibility index (Phi) is 16.3. The first-order valence-electron chi connectivity index (χ1n) is 16.1. The van der Waals surface area contributed by atoms with E-state index in [4.69, 9.17) is 19.9 Å². The predicted octanol–water partition coefficient (Wildman–Crippen LogP) is 5.84. The highest BCUT2D eigenvalue weighted by molar-refractivity contribution is 5.94. The maximum Gasteiger partial charge on any atom is 0.339 e. The molecule has 2 aliphatic rings. The van der Waals surface area contributed by atoms with Gasteiger partial charge in [-0.25, -0.2) is 14.4 Å². The molecule has 0 bridgehead atoms. The van der Waals surface area contributed by atoms with Gasteiger partial charge in [0, 0.05) is 30.2 Å². The van der Waals surface area contributed by atoms with E-state index in [-0.39, 0.29) is 31.4 Å². The summed E-state index contributed by atoms with van der Waals surface area (Å²) in [4.78, 5) is 41.0. The standard InChI is InChI=1S/C36H51N3O6/c1-7-12-14-16-18-29-20-26(34(40)43-9-3)23-32(38-29)31(22-28(25-37)36(42)45-11-5)33-24-27(35(41)44-10-4)21-30(39(33)6)19-17-15-13-8-2/h16-25,29,33,38H,7-15,37H2,1-6H3/b18-16+,19-17+,28-25+,31-22-. The smallest absolute Gasteiger partial charge is 0.339 e. The maximum atomic E-state index is 13.1. The van der Waals surface area contributed by atoms with Crippen LogP contribution in [-0.2, 0) is 28.6 Å². The summed E-state index contributed by atoms with van der Waals surface area (Å²) in [6.07, 6.45) is 24.1. The van der Waals surface area contributed by atoms with E-state index in [9.17, 15) is 14.4 Å². The number of nitrogens with two attached hydrogens (primary N) is 1. The number of rotatable bonds is 17. The van der Waals surface area contributed by atoms with E-state index in [0.29, 0.717) is 22.4 Å². The largest absolute Gasteiger partial charge is 0.462 e. The average Bonchev–Trinajstić information content (AvgIpc) is 3.03. The summed E-state index contributed by atoms with van der Waals surface area (Å²) in [6.45, 7) is 10.1. The van der Waals surface area contributed by atoms with E-state index in [1.807, 2.05) is 30.2 Å². The number of hydrogen-bond acceptors (Lipinski definition) is 9. The zero-order valence-electron chi connectivity index (χ0n) is 27.8. The number of nitrogens with one attached hydrogen (secondary N) is 1. The molecule has 246 valence electrons. The number of unbranched alkanes of at least 4 members (excludes halogenated alkanes) is 4. The van der Waals surface area contributed by atoms with E-state index in [2.05, 4.69) is 31.3 Å². The number of carbonyl (C=O) groups excluding carboxylic acids is 3. The van der Waals surface area contributed by atoms with Crippen LogP contribution in [0.25, 0.3) is 0 Å². The van der Waals surface area contributed by atoms with Crippen molar-refractivity contribution in [1.82, 2.24) is 10.2 Å². The molecule has 2 aliphatic heterocycles. The number of allylic oxidation sites excluding steroid dienone is 3.